The van der Waals surface area contributed by atoms with Crippen LogP contribution in [0, 0.1) is 47.3 Å². The van der Waals surface area contributed by atoms with Crippen LogP contribution in [-0.2, 0) is 19.2 Å². The zero-order valence-corrected chi connectivity index (χ0v) is 33.0. The summed E-state index contributed by atoms with van der Waals surface area (Å²) in [6.45, 7) is 0. The summed E-state index contributed by atoms with van der Waals surface area (Å²) in [5.41, 5.74) is 2.84. The minimum absolute atomic E-state index is 0.131. The Morgan fingerprint density at radius 3 is 1.11 bits per heavy atom. The number of carbonyl (C=O) groups is 6. The summed E-state index contributed by atoms with van der Waals surface area (Å²) >= 11 is 0. The molecule has 4 bridgehead atoms. The van der Waals surface area contributed by atoms with E-state index in [2.05, 4.69) is 34.9 Å². The highest BCUT2D eigenvalue weighted by Gasteiger charge is 2.60. The third-order valence-electron chi connectivity index (χ3n) is 13.2. The van der Waals surface area contributed by atoms with Gasteiger partial charge in [-0.2, -0.15) is 0 Å². The van der Waals surface area contributed by atoms with Crippen molar-refractivity contribution in [1.29, 1.82) is 0 Å². The molecule has 2 heterocycles. The van der Waals surface area contributed by atoms with Gasteiger partial charge in [0.1, 0.15) is 23.0 Å². The number of ether oxygens (including phenoxy) is 2. The van der Waals surface area contributed by atoms with E-state index in [0.29, 0.717) is 56.9 Å². The number of nitrogens with one attached hydrogen (secondary N) is 2. The number of carbonyl (C=O) groups excluding carboxylic acids is 6. The van der Waals surface area contributed by atoms with E-state index in [1.54, 1.807) is 121 Å². The Labute approximate surface area is 355 Å². The fourth-order valence-electron chi connectivity index (χ4n) is 10.3. The molecule has 0 unspecified atom stereocenters. The van der Waals surface area contributed by atoms with Crippen molar-refractivity contribution in [1.82, 2.24) is 0 Å². The molecular formula is C50H38N4O8. The summed E-state index contributed by atoms with van der Waals surface area (Å²) < 4.78 is 12.1. The lowest BCUT2D eigenvalue weighted by atomic mass is 9.85. The van der Waals surface area contributed by atoms with Crippen LogP contribution in [0.4, 0.5) is 22.7 Å². The Kier molecular flexibility index (Phi) is 8.78. The lowest BCUT2D eigenvalue weighted by Crippen LogP contribution is -2.32. The maximum Gasteiger partial charge on any atom is 0.255 e. The van der Waals surface area contributed by atoms with Crippen LogP contribution in [-0.4, -0.2) is 35.4 Å². The highest BCUT2D eigenvalue weighted by atomic mass is 16.5. The Morgan fingerprint density at radius 1 is 0.435 bits per heavy atom. The zero-order valence-electron chi connectivity index (χ0n) is 33.0. The molecule has 5 aromatic carbocycles. The monoisotopic (exact) mass is 822 g/mol. The molecule has 0 radical (unpaired) electrons. The number of fused-ring (bicyclic) bond motifs is 10. The second-order valence-electron chi connectivity index (χ2n) is 16.8. The Hall–Kier alpha value is -7.60. The first-order valence-corrected chi connectivity index (χ1v) is 20.8. The highest BCUT2D eigenvalue weighted by molar-refractivity contribution is 6.24. The molecule has 12 heteroatoms. The van der Waals surface area contributed by atoms with Crippen molar-refractivity contribution in [3.05, 3.63) is 157 Å². The fourth-order valence-corrected chi connectivity index (χ4v) is 10.3. The maximum absolute atomic E-state index is 13.2. The van der Waals surface area contributed by atoms with Crippen LogP contribution in [0.25, 0.3) is 0 Å². The van der Waals surface area contributed by atoms with Crippen molar-refractivity contribution in [3.8, 4) is 23.0 Å². The van der Waals surface area contributed by atoms with Crippen molar-refractivity contribution in [2.45, 2.75) is 12.8 Å². The molecule has 12 nitrogen and oxygen atoms in total. The quantitative estimate of drug-likeness (QED) is 0.105. The lowest BCUT2D eigenvalue weighted by molar-refractivity contribution is -0.124. The first-order valence-electron chi connectivity index (χ1n) is 20.8. The zero-order chi connectivity index (χ0) is 42.2. The predicted molar refractivity (Wildman–Crippen MR) is 229 cm³/mol. The van der Waals surface area contributed by atoms with Crippen molar-refractivity contribution in [2.24, 2.45) is 47.3 Å². The molecule has 2 aliphatic heterocycles. The largest absolute Gasteiger partial charge is 0.457 e. The smallest absolute Gasteiger partial charge is 0.255 e. The Morgan fingerprint density at radius 2 is 0.774 bits per heavy atom. The molecule has 6 aliphatic rings. The Bertz CT molecular complexity index is 2520. The molecule has 4 fully saturated rings. The number of imide groups is 2. The molecule has 306 valence electrons. The normalized spacial score (nSPS) is 26.0. The highest BCUT2D eigenvalue weighted by Crippen LogP contribution is 2.54. The molecule has 11 rings (SSSR count). The first kappa shape index (κ1) is 37.4. The fraction of sp³-hybridized carbons (Fsp3) is 0.200. The molecule has 8 atom stereocenters. The number of anilines is 4. The van der Waals surface area contributed by atoms with Gasteiger partial charge < -0.3 is 20.1 Å². The van der Waals surface area contributed by atoms with Gasteiger partial charge in [0.15, 0.2) is 0 Å². The van der Waals surface area contributed by atoms with Crippen LogP contribution in [0.1, 0.15) is 33.6 Å². The number of hydrogen-bond donors (Lipinski definition) is 2. The van der Waals surface area contributed by atoms with Gasteiger partial charge in [0.2, 0.25) is 23.6 Å². The van der Waals surface area contributed by atoms with E-state index < -0.39 is 0 Å². The predicted octanol–water partition coefficient (Wildman–Crippen LogP) is 8.40. The third kappa shape index (κ3) is 6.29. The van der Waals surface area contributed by atoms with E-state index in [1.165, 1.54) is 9.80 Å². The summed E-state index contributed by atoms with van der Waals surface area (Å²) in [7, 11) is 0. The number of benzene rings is 5. The van der Waals surface area contributed by atoms with Gasteiger partial charge in [-0.25, -0.2) is 0 Å². The van der Waals surface area contributed by atoms with Crippen LogP contribution in [0.15, 0.2) is 146 Å². The Balaban J connectivity index is 0.665. The molecule has 2 saturated carbocycles. The summed E-state index contributed by atoms with van der Waals surface area (Å²) in [6.07, 6.45) is 10.00. The van der Waals surface area contributed by atoms with Crippen LogP contribution in [0.3, 0.4) is 0 Å². The van der Waals surface area contributed by atoms with Crippen molar-refractivity contribution < 1.29 is 38.2 Å². The molecule has 2 N–H and O–H groups in total. The van der Waals surface area contributed by atoms with Crippen LogP contribution in [0.2, 0.25) is 0 Å². The summed E-state index contributed by atoms with van der Waals surface area (Å²) in [4.78, 5) is 81.4. The second-order valence-corrected chi connectivity index (χ2v) is 16.8. The van der Waals surface area contributed by atoms with Crippen molar-refractivity contribution >= 4 is 58.2 Å². The number of amides is 6. The summed E-state index contributed by atoms with van der Waals surface area (Å²) in [6, 6.07) is 34.0. The number of hydrogen-bond acceptors (Lipinski definition) is 8. The van der Waals surface area contributed by atoms with E-state index in [-0.39, 0.29) is 82.8 Å². The molecule has 62 heavy (non-hydrogen) atoms. The van der Waals surface area contributed by atoms with Crippen molar-refractivity contribution in [3.63, 3.8) is 0 Å². The van der Waals surface area contributed by atoms with Gasteiger partial charge in [-0.3, -0.25) is 38.6 Å². The molecule has 6 amide bonds. The van der Waals surface area contributed by atoms with Gasteiger partial charge in [-0.15, -0.1) is 0 Å². The maximum atomic E-state index is 13.2. The van der Waals surface area contributed by atoms with E-state index >= 15 is 0 Å². The lowest BCUT2D eigenvalue weighted by Gasteiger charge is -2.17. The number of rotatable bonds is 10. The van der Waals surface area contributed by atoms with Gasteiger partial charge in [-0.05, 0) is 146 Å². The van der Waals surface area contributed by atoms with E-state index in [9.17, 15) is 28.8 Å². The number of nitrogens with zero attached hydrogens (tertiary/aromatic N) is 2. The van der Waals surface area contributed by atoms with Gasteiger partial charge in [-0.1, -0.05) is 30.4 Å². The number of allylic oxidation sites excluding steroid dienone is 4. The third-order valence-corrected chi connectivity index (χ3v) is 13.2. The summed E-state index contributed by atoms with van der Waals surface area (Å²) in [5, 5.41) is 5.75. The standard InChI is InChI=1S/C50H38N4O8/c55-45(27-8-16-35(17-9-27)53-47(57)41-29-4-5-30(24-29)42(41)48(53)58)51-33-12-20-37(21-13-33)61-39-2-1-3-40(26-39)62-38-22-14-34(15-23-38)52-46(56)28-10-18-36(19-11-28)54-49(59)43-31-6-7-32(25-31)44(43)50(54)60/h1-23,26,29-32,41-44H,24-25H2,(H,51,55)(H,52,56)/t29-,30-,31-,32-,41+,42+,43+,44+/m0/s1. The van der Waals surface area contributed by atoms with Gasteiger partial charge >= 0.3 is 0 Å². The SMILES string of the molecule is O=C(Nc1ccc(Oc2cccc(Oc3ccc(NC(=O)c4ccc(N5C(=O)[C@H]6[C@H](C5=O)[C@H]5C=C[C@H]6C5)cc4)cc3)c2)cc1)c1ccc(N2C(=O)[C@H]3[C@H](C2=O)[C@H]2C=C[C@H]3C2)cc1. The van der Waals surface area contributed by atoms with Gasteiger partial charge in [0.25, 0.3) is 11.8 Å². The summed E-state index contributed by atoms with van der Waals surface area (Å²) in [5.74, 6) is 0.237. The van der Waals surface area contributed by atoms with E-state index in [4.69, 9.17) is 9.47 Å². The first-order chi connectivity index (χ1) is 30.2. The molecular weight excluding hydrogens is 785 g/mol. The minimum atomic E-state index is -0.337. The molecule has 5 aromatic rings. The van der Waals surface area contributed by atoms with Gasteiger partial charge in [0, 0.05) is 28.6 Å². The molecule has 4 aliphatic carbocycles. The van der Waals surface area contributed by atoms with E-state index in [1.807, 2.05) is 0 Å². The van der Waals surface area contributed by atoms with Crippen LogP contribution < -0.4 is 29.9 Å². The van der Waals surface area contributed by atoms with Crippen molar-refractivity contribution in [2.75, 3.05) is 20.4 Å². The minimum Gasteiger partial charge on any atom is -0.457 e. The van der Waals surface area contributed by atoms with Gasteiger partial charge in [0.05, 0.1) is 35.0 Å². The van der Waals surface area contributed by atoms with Crippen LogP contribution >= 0.6 is 0 Å². The molecule has 0 spiro atoms. The molecule has 0 aromatic heterocycles. The average Bonchev–Trinajstić information content (AvgIpc) is 4.16. The average molecular weight is 823 g/mol. The van der Waals surface area contributed by atoms with E-state index in [0.717, 1.165) is 12.8 Å². The topological polar surface area (TPSA) is 151 Å². The second kappa shape index (κ2) is 14.5. The molecule has 2 saturated heterocycles. The van der Waals surface area contributed by atoms with Crippen LogP contribution in [0.5, 0.6) is 23.0 Å².